The zero-order chi connectivity index (χ0) is 30.0. The van der Waals surface area contributed by atoms with Crippen LogP contribution in [0.4, 0.5) is 13.2 Å². The summed E-state index contributed by atoms with van der Waals surface area (Å²) in [6, 6.07) is 13.2. The number of amides is 1. The minimum Gasteiger partial charge on any atom is -0.382 e. The molecule has 0 spiro atoms. The Bertz CT molecular complexity index is 1610. The molecule has 42 heavy (non-hydrogen) atoms. The number of nitrogens with zero attached hydrogens (tertiary/aromatic N) is 7. The van der Waals surface area contributed by atoms with Gasteiger partial charge in [-0.25, -0.2) is 19.1 Å². The van der Waals surface area contributed by atoms with E-state index in [0.29, 0.717) is 21.8 Å². The molecule has 1 saturated carbocycles. The Kier molecular flexibility index (Phi) is 8.50. The summed E-state index contributed by atoms with van der Waals surface area (Å²) in [6.45, 7) is -1.31. The molecule has 2 heterocycles. The minimum atomic E-state index is -4.94. The quantitative estimate of drug-likeness (QED) is 0.321. The molecule has 0 aliphatic heterocycles. The van der Waals surface area contributed by atoms with Crippen molar-refractivity contribution < 1.29 is 23.1 Å². The Balaban J connectivity index is 1.44. The summed E-state index contributed by atoms with van der Waals surface area (Å²) in [4.78, 5) is 32.7. The van der Waals surface area contributed by atoms with Crippen molar-refractivity contribution in [3.63, 3.8) is 0 Å². The van der Waals surface area contributed by atoms with Crippen molar-refractivity contribution in [2.45, 2.75) is 63.5 Å². The Morgan fingerprint density at radius 3 is 2.48 bits per heavy atom. The molecule has 1 fully saturated rings. The summed E-state index contributed by atoms with van der Waals surface area (Å²) in [5, 5.41) is 18.8. The van der Waals surface area contributed by atoms with Crippen molar-refractivity contribution in [1.82, 2.24) is 34.0 Å². The molecule has 0 bridgehead atoms. The van der Waals surface area contributed by atoms with E-state index in [1.807, 2.05) is 0 Å². The van der Waals surface area contributed by atoms with Crippen LogP contribution in [-0.2, 0) is 13.1 Å². The number of aliphatic hydroxyl groups excluding tert-OH is 1. The van der Waals surface area contributed by atoms with Crippen molar-refractivity contribution >= 4 is 17.5 Å². The topological polar surface area (TPSA) is 111 Å². The van der Waals surface area contributed by atoms with Crippen LogP contribution in [0.15, 0.2) is 59.7 Å². The second-order valence-electron chi connectivity index (χ2n) is 10.3. The zero-order valence-electron chi connectivity index (χ0n) is 22.7. The molecule has 1 aliphatic rings. The number of halogens is 4. The van der Waals surface area contributed by atoms with Crippen LogP contribution >= 0.6 is 11.6 Å². The van der Waals surface area contributed by atoms with E-state index in [0.717, 1.165) is 34.9 Å². The first-order valence-corrected chi connectivity index (χ1v) is 13.9. The lowest BCUT2D eigenvalue weighted by molar-refractivity contribution is -0.207. The maximum Gasteiger partial charge on any atom is 0.416 e. The van der Waals surface area contributed by atoms with E-state index in [4.69, 9.17) is 11.6 Å². The number of aromatic nitrogens is 6. The summed E-state index contributed by atoms with van der Waals surface area (Å²) < 4.78 is 42.6. The number of rotatable bonds is 8. The molecule has 2 aromatic carbocycles. The Labute approximate surface area is 244 Å². The number of alkyl halides is 3. The molecule has 14 heteroatoms. The summed E-state index contributed by atoms with van der Waals surface area (Å²) in [5.74, 6) is -0.0786. The lowest BCUT2D eigenvalue weighted by Crippen LogP contribution is -2.38. The molecule has 1 unspecified atom stereocenters. The normalized spacial score (nSPS) is 15.1. The minimum absolute atomic E-state index is 0.0823. The lowest BCUT2D eigenvalue weighted by Gasteiger charge is -2.31. The zero-order valence-corrected chi connectivity index (χ0v) is 23.5. The van der Waals surface area contributed by atoms with E-state index in [9.17, 15) is 27.9 Å². The average Bonchev–Trinajstić information content (AvgIpc) is 3.57. The van der Waals surface area contributed by atoms with E-state index in [-0.39, 0.29) is 30.1 Å². The predicted molar refractivity (Wildman–Crippen MR) is 148 cm³/mol. The largest absolute Gasteiger partial charge is 0.416 e. The molecule has 5 rings (SSSR count). The number of para-hydroxylation sites is 1. The first kappa shape index (κ1) is 29.5. The maximum atomic E-state index is 13.4. The first-order valence-electron chi connectivity index (χ1n) is 13.5. The van der Waals surface area contributed by atoms with Gasteiger partial charge in [0, 0.05) is 23.7 Å². The van der Waals surface area contributed by atoms with Crippen molar-refractivity contribution in [2.75, 3.05) is 7.05 Å². The van der Waals surface area contributed by atoms with E-state index < -0.39 is 24.5 Å². The monoisotopic (exact) mass is 603 g/mol. The highest BCUT2D eigenvalue weighted by atomic mass is 35.5. The number of benzene rings is 2. The van der Waals surface area contributed by atoms with Gasteiger partial charge in [0.15, 0.2) is 17.8 Å². The Hall–Kier alpha value is -3.97. The molecule has 0 radical (unpaired) electrons. The highest BCUT2D eigenvalue weighted by molar-refractivity contribution is 6.30. The molecular formula is C28H29ClF3N7O3. The van der Waals surface area contributed by atoms with Crippen LogP contribution in [0.3, 0.4) is 0 Å². The number of aliphatic hydroxyl groups is 1. The third-order valence-electron chi connectivity index (χ3n) is 7.41. The fourth-order valence-electron chi connectivity index (χ4n) is 5.10. The first-order chi connectivity index (χ1) is 20.0. The average molecular weight is 604 g/mol. The van der Waals surface area contributed by atoms with Crippen molar-refractivity contribution in [1.29, 1.82) is 0 Å². The van der Waals surface area contributed by atoms with Gasteiger partial charge < -0.3 is 10.0 Å². The molecule has 222 valence electrons. The standard InChI is InChI=1S/C28H29ClF3N7O3/c1-36(20-7-3-2-4-8-20)26(41)21-9-5-6-10-22(21)39-17-33-24(34-39)16-38-27(42)37(15-23(40)28(30,31)32)25(35-38)18-11-13-19(29)14-12-18/h5-6,9-14,17,20,23,40H,2-4,7-8,15-16H2,1H3. The van der Waals surface area contributed by atoms with E-state index in [1.165, 1.54) is 41.7 Å². The van der Waals surface area contributed by atoms with Gasteiger partial charge in [0.05, 0.1) is 17.8 Å². The fourth-order valence-corrected chi connectivity index (χ4v) is 5.22. The molecule has 1 amide bonds. The van der Waals surface area contributed by atoms with Crippen LogP contribution in [0.25, 0.3) is 17.1 Å². The molecule has 10 nitrogen and oxygen atoms in total. The summed E-state index contributed by atoms with van der Waals surface area (Å²) in [7, 11) is 1.80. The van der Waals surface area contributed by atoms with Crippen molar-refractivity contribution in [3.8, 4) is 17.1 Å². The van der Waals surface area contributed by atoms with Gasteiger partial charge in [-0.2, -0.15) is 13.2 Å². The van der Waals surface area contributed by atoms with Gasteiger partial charge >= 0.3 is 11.9 Å². The highest BCUT2D eigenvalue weighted by Gasteiger charge is 2.39. The molecule has 1 aliphatic carbocycles. The van der Waals surface area contributed by atoms with Gasteiger partial charge in [0.25, 0.3) is 5.91 Å². The van der Waals surface area contributed by atoms with E-state index >= 15 is 0 Å². The van der Waals surface area contributed by atoms with Crippen LogP contribution in [0.2, 0.25) is 5.02 Å². The Morgan fingerprint density at radius 2 is 1.79 bits per heavy atom. The third-order valence-corrected chi connectivity index (χ3v) is 7.67. The number of carbonyl (C=O) groups is 1. The van der Waals surface area contributed by atoms with Gasteiger partial charge in [-0.3, -0.25) is 9.36 Å². The van der Waals surface area contributed by atoms with Crippen molar-refractivity contribution in [3.05, 3.63) is 81.8 Å². The highest BCUT2D eigenvalue weighted by Crippen LogP contribution is 2.26. The SMILES string of the molecule is CN(C(=O)c1ccccc1-n1cnc(Cn2nc(-c3ccc(Cl)cc3)n(CC(O)C(F)(F)F)c2=O)n1)C1CCCCC1. The molecular weight excluding hydrogens is 575 g/mol. The van der Waals surface area contributed by atoms with Crippen LogP contribution < -0.4 is 5.69 Å². The number of hydrogen-bond acceptors (Lipinski definition) is 6. The smallest absolute Gasteiger partial charge is 0.382 e. The molecule has 0 saturated heterocycles. The number of hydrogen-bond donors (Lipinski definition) is 1. The van der Waals surface area contributed by atoms with Gasteiger partial charge in [0.1, 0.15) is 12.9 Å². The van der Waals surface area contributed by atoms with Gasteiger partial charge in [-0.15, -0.1) is 10.2 Å². The molecule has 4 aromatic rings. The second-order valence-corrected chi connectivity index (χ2v) is 10.7. The summed E-state index contributed by atoms with van der Waals surface area (Å²) in [6.07, 6.45) is -1.07. The lowest BCUT2D eigenvalue weighted by atomic mass is 9.94. The Morgan fingerprint density at radius 1 is 1.10 bits per heavy atom. The van der Waals surface area contributed by atoms with Crippen molar-refractivity contribution in [2.24, 2.45) is 0 Å². The van der Waals surface area contributed by atoms with E-state index in [2.05, 4.69) is 15.2 Å². The molecule has 1 atom stereocenters. The van der Waals surface area contributed by atoms with Gasteiger partial charge in [-0.05, 0) is 49.2 Å². The molecule has 1 N–H and O–H groups in total. The van der Waals surface area contributed by atoms with Crippen LogP contribution in [0, 0.1) is 0 Å². The fraction of sp³-hybridized carbons (Fsp3) is 0.393. The van der Waals surface area contributed by atoms with E-state index in [1.54, 1.807) is 36.2 Å². The van der Waals surface area contributed by atoms with Crippen LogP contribution in [0.5, 0.6) is 0 Å². The maximum absolute atomic E-state index is 13.4. The van der Waals surface area contributed by atoms with Gasteiger partial charge in [0.2, 0.25) is 0 Å². The number of carbonyl (C=O) groups excluding carboxylic acids is 1. The molecule has 2 aromatic heterocycles. The van der Waals surface area contributed by atoms with Crippen LogP contribution in [0.1, 0.15) is 48.3 Å². The predicted octanol–water partition coefficient (Wildman–Crippen LogP) is 4.32. The van der Waals surface area contributed by atoms with Crippen LogP contribution in [-0.4, -0.2) is 70.4 Å². The summed E-state index contributed by atoms with van der Waals surface area (Å²) >= 11 is 5.94. The van der Waals surface area contributed by atoms with Gasteiger partial charge in [-0.1, -0.05) is 43.0 Å². The second kappa shape index (κ2) is 12.1. The summed E-state index contributed by atoms with van der Waals surface area (Å²) in [5.41, 5.74) is 0.383. The third kappa shape index (κ3) is 6.26.